The quantitative estimate of drug-likeness (QED) is 0.558. The Labute approximate surface area is 99.9 Å². The van der Waals surface area contributed by atoms with Crippen LogP contribution in [0.4, 0.5) is 0 Å². The second-order valence-electron chi connectivity index (χ2n) is 2.95. The summed E-state index contributed by atoms with van der Waals surface area (Å²) >= 11 is 0.987. The van der Waals surface area contributed by atoms with E-state index in [1.54, 1.807) is 0 Å². The fourth-order valence-electron chi connectivity index (χ4n) is 1.09. The van der Waals surface area contributed by atoms with E-state index in [-0.39, 0.29) is 5.75 Å². The third-order valence-corrected chi connectivity index (χ3v) is 2.71. The lowest BCUT2D eigenvalue weighted by molar-refractivity contribution is -0.133. The molecule has 0 aliphatic carbocycles. The van der Waals surface area contributed by atoms with E-state index in [1.807, 2.05) is 0 Å². The van der Waals surface area contributed by atoms with Crippen molar-refractivity contribution >= 4 is 17.7 Å². The SMILES string of the molecule is Nn1c(SCC(=O)O)nnc1-c1cnccn1. The van der Waals surface area contributed by atoms with E-state index in [1.165, 1.54) is 23.3 Å². The lowest BCUT2D eigenvalue weighted by Gasteiger charge is -2.00. The molecule has 0 saturated carbocycles. The minimum atomic E-state index is -0.945. The van der Waals surface area contributed by atoms with Gasteiger partial charge in [0.1, 0.15) is 5.69 Å². The summed E-state index contributed by atoms with van der Waals surface area (Å²) < 4.78 is 1.19. The van der Waals surface area contributed by atoms with Crippen molar-refractivity contribution in [1.29, 1.82) is 0 Å². The molecule has 9 heteroatoms. The third-order valence-electron chi connectivity index (χ3n) is 1.78. The average Bonchev–Trinajstić information content (AvgIpc) is 2.69. The van der Waals surface area contributed by atoms with Gasteiger partial charge in [-0.25, -0.2) is 9.66 Å². The van der Waals surface area contributed by atoms with Crippen LogP contribution in [-0.2, 0) is 4.79 Å². The normalized spacial score (nSPS) is 10.4. The predicted octanol–water partition coefficient (Wildman–Crippen LogP) is -0.374. The molecule has 0 radical (unpaired) electrons. The highest BCUT2D eigenvalue weighted by Crippen LogP contribution is 2.18. The Kier molecular flexibility index (Phi) is 3.19. The highest BCUT2D eigenvalue weighted by atomic mass is 32.2. The zero-order valence-electron chi connectivity index (χ0n) is 8.52. The van der Waals surface area contributed by atoms with Gasteiger partial charge in [0, 0.05) is 12.4 Å². The smallest absolute Gasteiger partial charge is 0.313 e. The molecule has 0 bridgehead atoms. The fraction of sp³-hybridized carbons (Fsp3) is 0.125. The summed E-state index contributed by atoms with van der Waals surface area (Å²) in [6.07, 6.45) is 4.54. The number of hydrogen-bond donors (Lipinski definition) is 2. The van der Waals surface area contributed by atoms with E-state index in [0.717, 1.165) is 11.8 Å². The molecule has 2 rings (SSSR count). The van der Waals surface area contributed by atoms with Gasteiger partial charge in [-0.3, -0.25) is 9.78 Å². The number of carboxylic acid groups (broad SMARTS) is 1. The van der Waals surface area contributed by atoms with Gasteiger partial charge >= 0.3 is 5.97 Å². The number of hydrogen-bond acceptors (Lipinski definition) is 7. The molecule has 3 N–H and O–H groups in total. The van der Waals surface area contributed by atoms with Crippen molar-refractivity contribution in [3.05, 3.63) is 18.6 Å². The van der Waals surface area contributed by atoms with Gasteiger partial charge in [-0.05, 0) is 0 Å². The van der Waals surface area contributed by atoms with Crippen LogP contribution in [0.3, 0.4) is 0 Å². The summed E-state index contributed by atoms with van der Waals surface area (Å²) in [5.74, 6) is 5.00. The second kappa shape index (κ2) is 4.78. The maximum atomic E-state index is 10.4. The van der Waals surface area contributed by atoms with Crippen LogP contribution in [0.25, 0.3) is 11.5 Å². The van der Waals surface area contributed by atoms with E-state index in [9.17, 15) is 4.79 Å². The number of nitrogens with two attached hydrogens (primary N) is 1. The number of thioether (sulfide) groups is 1. The van der Waals surface area contributed by atoms with Gasteiger partial charge in [0.25, 0.3) is 0 Å². The lowest BCUT2D eigenvalue weighted by Crippen LogP contribution is -2.13. The topological polar surface area (TPSA) is 120 Å². The maximum Gasteiger partial charge on any atom is 0.313 e. The molecule has 0 amide bonds. The van der Waals surface area contributed by atoms with Crippen molar-refractivity contribution in [2.45, 2.75) is 5.16 Å². The van der Waals surface area contributed by atoms with Gasteiger partial charge in [-0.2, -0.15) is 0 Å². The fourth-order valence-corrected chi connectivity index (χ4v) is 1.67. The Bertz CT molecular complexity index is 528. The van der Waals surface area contributed by atoms with E-state index >= 15 is 0 Å². The number of carboxylic acids is 1. The van der Waals surface area contributed by atoms with E-state index in [0.29, 0.717) is 16.7 Å². The Balaban J connectivity index is 2.24. The molecule has 0 atom stereocenters. The number of rotatable bonds is 4. The van der Waals surface area contributed by atoms with Crippen molar-refractivity contribution in [1.82, 2.24) is 24.8 Å². The second-order valence-corrected chi connectivity index (χ2v) is 3.89. The van der Waals surface area contributed by atoms with Gasteiger partial charge in [-0.15, -0.1) is 10.2 Å². The third kappa shape index (κ3) is 2.50. The van der Waals surface area contributed by atoms with Crippen molar-refractivity contribution in [2.75, 3.05) is 11.6 Å². The Morgan fingerprint density at radius 3 is 2.94 bits per heavy atom. The summed E-state index contributed by atoms with van der Waals surface area (Å²) in [5, 5.41) is 16.5. The Morgan fingerprint density at radius 1 is 1.47 bits per heavy atom. The number of nitrogens with zero attached hydrogens (tertiary/aromatic N) is 5. The van der Waals surface area contributed by atoms with Gasteiger partial charge in [0.2, 0.25) is 11.0 Å². The molecule has 0 spiro atoms. The van der Waals surface area contributed by atoms with Crippen molar-refractivity contribution in [2.24, 2.45) is 0 Å². The first-order chi connectivity index (χ1) is 8.18. The lowest BCUT2D eigenvalue weighted by atomic mass is 10.4. The summed E-state index contributed by atoms with van der Waals surface area (Å²) in [4.78, 5) is 18.3. The molecule has 0 fully saturated rings. The van der Waals surface area contributed by atoms with Crippen LogP contribution in [0.1, 0.15) is 0 Å². The van der Waals surface area contributed by atoms with Crippen molar-refractivity contribution in [3.8, 4) is 11.5 Å². The minimum absolute atomic E-state index is 0.129. The molecular weight excluding hydrogens is 244 g/mol. The maximum absolute atomic E-state index is 10.4. The molecule has 0 unspecified atom stereocenters. The van der Waals surface area contributed by atoms with Crippen LogP contribution in [0.15, 0.2) is 23.7 Å². The molecule has 8 nitrogen and oxygen atoms in total. The Morgan fingerprint density at radius 2 is 2.29 bits per heavy atom. The number of aliphatic carboxylic acids is 1. The van der Waals surface area contributed by atoms with Gasteiger partial charge in [0.05, 0.1) is 11.9 Å². The van der Waals surface area contributed by atoms with Crippen LogP contribution in [0, 0.1) is 0 Å². The molecule has 0 aliphatic heterocycles. The van der Waals surface area contributed by atoms with E-state index < -0.39 is 5.97 Å². The van der Waals surface area contributed by atoms with Crippen LogP contribution in [0.2, 0.25) is 0 Å². The van der Waals surface area contributed by atoms with E-state index in [4.69, 9.17) is 10.9 Å². The van der Waals surface area contributed by atoms with Gasteiger partial charge < -0.3 is 10.9 Å². The van der Waals surface area contributed by atoms with Crippen LogP contribution < -0.4 is 5.84 Å². The summed E-state index contributed by atoms with van der Waals surface area (Å²) in [5.41, 5.74) is 0.477. The summed E-state index contributed by atoms with van der Waals surface area (Å²) in [7, 11) is 0. The first-order valence-electron chi connectivity index (χ1n) is 4.50. The zero-order chi connectivity index (χ0) is 12.3. The molecule has 0 aliphatic rings. The van der Waals surface area contributed by atoms with E-state index in [2.05, 4.69) is 20.2 Å². The number of carbonyl (C=O) groups is 1. The van der Waals surface area contributed by atoms with Gasteiger partial charge in [-0.1, -0.05) is 11.8 Å². The van der Waals surface area contributed by atoms with Gasteiger partial charge in [0.15, 0.2) is 0 Å². The molecule has 2 aromatic heterocycles. The van der Waals surface area contributed by atoms with Crippen LogP contribution >= 0.6 is 11.8 Å². The largest absolute Gasteiger partial charge is 0.481 e. The minimum Gasteiger partial charge on any atom is -0.481 e. The molecule has 0 aromatic carbocycles. The molecule has 17 heavy (non-hydrogen) atoms. The van der Waals surface area contributed by atoms with Crippen molar-refractivity contribution < 1.29 is 9.90 Å². The first kappa shape index (κ1) is 11.3. The van der Waals surface area contributed by atoms with Crippen LogP contribution in [-0.4, -0.2) is 41.7 Å². The summed E-state index contributed by atoms with van der Waals surface area (Å²) in [6, 6.07) is 0. The zero-order valence-corrected chi connectivity index (χ0v) is 9.33. The molecule has 2 heterocycles. The molecular formula is C8H8N6O2S. The first-order valence-corrected chi connectivity index (χ1v) is 5.48. The highest BCUT2D eigenvalue weighted by molar-refractivity contribution is 7.99. The predicted molar refractivity (Wildman–Crippen MR) is 59.6 cm³/mol. The molecule has 88 valence electrons. The van der Waals surface area contributed by atoms with Crippen LogP contribution in [0.5, 0.6) is 0 Å². The Hall–Kier alpha value is -2.16. The van der Waals surface area contributed by atoms with Crippen molar-refractivity contribution in [3.63, 3.8) is 0 Å². The standard InChI is InChI=1S/C8H8N6O2S/c9-14-7(5-3-10-1-2-11-5)12-13-8(14)17-4-6(15)16/h1-3H,4,9H2,(H,15,16). The number of aromatic nitrogens is 5. The number of nitrogen functional groups attached to an aromatic ring is 1. The molecule has 2 aromatic rings. The highest BCUT2D eigenvalue weighted by Gasteiger charge is 2.14. The monoisotopic (exact) mass is 252 g/mol. The average molecular weight is 252 g/mol. The summed E-state index contributed by atoms with van der Waals surface area (Å²) in [6.45, 7) is 0. The molecule has 0 saturated heterocycles.